The molecule has 1 atom stereocenters. The molecule has 0 radical (unpaired) electrons. The largest absolute Gasteiger partial charge is 0.312 e. The van der Waals surface area contributed by atoms with Crippen LogP contribution in [0.3, 0.4) is 0 Å². The smallest absolute Gasteiger partial charge is 0.239 e. The molecule has 31 heavy (non-hydrogen) atoms. The molecule has 2 aliphatic rings. The molecule has 2 heterocycles. The number of carbonyl (C=O) groups excluding carboxylic acids is 1. The van der Waals surface area contributed by atoms with Gasteiger partial charge >= 0.3 is 0 Å². The zero-order chi connectivity index (χ0) is 21.6. The first-order valence-corrected chi connectivity index (χ1v) is 11.4. The van der Waals surface area contributed by atoms with Gasteiger partial charge in [-0.15, -0.1) is 0 Å². The van der Waals surface area contributed by atoms with Crippen molar-refractivity contribution in [2.24, 2.45) is 5.10 Å². The maximum absolute atomic E-state index is 12.6. The van der Waals surface area contributed by atoms with Gasteiger partial charge in [-0.1, -0.05) is 53.5 Å². The molecule has 0 bridgehead atoms. The van der Waals surface area contributed by atoms with Crippen LogP contribution in [0.1, 0.15) is 24.8 Å². The van der Waals surface area contributed by atoms with Crippen LogP contribution in [-0.2, 0) is 11.3 Å². The van der Waals surface area contributed by atoms with Crippen LogP contribution in [0.25, 0.3) is 0 Å². The lowest BCUT2D eigenvalue weighted by Gasteiger charge is -2.32. The lowest BCUT2D eigenvalue weighted by molar-refractivity contribution is -0.121. The summed E-state index contributed by atoms with van der Waals surface area (Å²) >= 11 is 12.1. The van der Waals surface area contributed by atoms with Gasteiger partial charge in [0.15, 0.2) is 0 Å². The fraction of sp³-hybridized carbons (Fsp3) is 0.391. The number of carbonyl (C=O) groups is 1. The number of hydrazone groups is 1. The molecule has 2 aliphatic heterocycles. The standard InChI is InChI=1S/C23H27Cl2N5O/c24-20-9-8-19(13-21(20)25)30-12-10-22(28-30)27-23(31)16-29-11-4-7-18(15-29)26-14-17-5-2-1-3-6-17/h1-3,5-6,8-9,13,18,26H,4,7,10-12,14-16H2,(H,27,28,31)/t18-/m1/s1. The molecule has 6 nitrogen and oxygen atoms in total. The number of anilines is 1. The molecule has 1 amide bonds. The molecule has 1 saturated heterocycles. The third-order valence-corrected chi connectivity index (χ3v) is 6.34. The first-order valence-electron chi connectivity index (χ1n) is 10.7. The SMILES string of the molecule is O=C(CN1CCC[C@@H](NCc2ccccc2)C1)NC1=NN(c2ccc(Cl)c(Cl)c2)CC1. The van der Waals surface area contributed by atoms with Crippen LogP contribution < -0.4 is 15.6 Å². The molecule has 0 aliphatic carbocycles. The van der Waals surface area contributed by atoms with Crippen molar-refractivity contribution in [1.29, 1.82) is 0 Å². The molecule has 2 N–H and O–H groups in total. The second-order valence-electron chi connectivity index (χ2n) is 8.01. The molecular formula is C23H27Cl2N5O. The van der Waals surface area contributed by atoms with Gasteiger partial charge in [0.2, 0.25) is 5.91 Å². The molecule has 8 heteroatoms. The quantitative estimate of drug-likeness (QED) is 0.687. The second-order valence-corrected chi connectivity index (χ2v) is 8.82. The number of nitrogens with one attached hydrogen (secondary N) is 2. The maximum Gasteiger partial charge on any atom is 0.239 e. The number of rotatable bonds is 6. The number of piperidine rings is 1. The number of benzene rings is 2. The number of halogens is 2. The van der Waals surface area contributed by atoms with Gasteiger partial charge in [0, 0.05) is 32.1 Å². The molecule has 164 valence electrons. The third-order valence-electron chi connectivity index (χ3n) is 5.60. The van der Waals surface area contributed by atoms with Crippen LogP contribution in [0.15, 0.2) is 53.6 Å². The molecule has 0 unspecified atom stereocenters. The van der Waals surface area contributed by atoms with Gasteiger partial charge in [-0.05, 0) is 43.1 Å². The van der Waals surface area contributed by atoms with E-state index in [1.54, 1.807) is 12.1 Å². The van der Waals surface area contributed by atoms with Crippen molar-refractivity contribution in [2.75, 3.05) is 31.2 Å². The Bertz CT molecular complexity index is 937. The second kappa shape index (κ2) is 10.5. The van der Waals surface area contributed by atoms with Gasteiger partial charge < -0.3 is 10.6 Å². The Balaban J connectivity index is 1.25. The summed E-state index contributed by atoms with van der Waals surface area (Å²) in [6, 6.07) is 16.2. The van der Waals surface area contributed by atoms with Gasteiger partial charge in [0.1, 0.15) is 5.84 Å². The lowest BCUT2D eigenvalue weighted by atomic mass is 10.1. The van der Waals surface area contributed by atoms with E-state index in [1.807, 2.05) is 17.1 Å². The molecule has 2 aromatic carbocycles. The third kappa shape index (κ3) is 6.20. The minimum atomic E-state index is -0.0153. The predicted octanol–water partition coefficient (Wildman–Crippen LogP) is 3.89. The molecule has 2 aromatic rings. The Hall–Kier alpha value is -2.12. The van der Waals surface area contributed by atoms with E-state index in [9.17, 15) is 4.79 Å². The fourth-order valence-electron chi connectivity index (χ4n) is 4.00. The van der Waals surface area contributed by atoms with Crippen molar-refractivity contribution in [3.8, 4) is 0 Å². The monoisotopic (exact) mass is 459 g/mol. The van der Waals surface area contributed by atoms with E-state index in [2.05, 4.69) is 44.9 Å². The Morgan fingerprint density at radius 1 is 1.10 bits per heavy atom. The summed E-state index contributed by atoms with van der Waals surface area (Å²) in [5.41, 5.74) is 2.14. The lowest BCUT2D eigenvalue weighted by Crippen LogP contribution is -2.49. The van der Waals surface area contributed by atoms with E-state index in [4.69, 9.17) is 23.2 Å². The number of nitrogens with zero attached hydrogens (tertiary/aromatic N) is 3. The average molecular weight is 460 g/mol. The molecule has 0 spiro atoms. The van der Waals surface area contributed by atoms with Gasteiger partial charge in [-0.3, -0.25) is 14.7 Å². The Labute approximate surface area is 193 Å². The van der Waals surface area contributed by atoms with E-state index in [1.165, 1.54) is 5.56 Å². The first-order chi connectivity index (χ1) is 15.1. The van der Waals surface area contributed by atoms with E-state index in [0.717, 1.165) is 38.2 Å². The van der Waals surface area contributed by atoms with Crippen molar-refractivity contribution >= 4 is 40.6 Å². The Morgan fingerprint density at radius 3 is 2.74 bits per heavy atom. The fourth-order valence-corrected chi connectivity index (χ4v) is 4.30. The summed E-state index contributed by atoms with van der Waals surface area (Å²) in [7, 11) is 0. The number of hydrogen-bond donors (Lipinski definition) is 2. The normalized spacial score (nSPS) is 19.4. The Kier molecular flexibility index (Phi) is 7.45. The van der Waals surface area contributed by atoms with Gasteiger partial charge in [0.25, 0.3) is 0 Å². The van der Waals surface area contributed by atoms with Gasteiger partial charge in [-0.2, -0.15) is 5.10 Å². The Morgan fingerprint density at radius 2 is 1.94 bits per heavy atom. The van der Waals surface area contributed by atoms with E-state index in [-0.39, 0.29) is 5.91 Å². The molecule has 0 saturated carbocycles. The van der Waals surface area contributed by atoms with Crippen molar-refractivity contribution < 1.29 is 4.79 Å². The maximum atomic E-state index is 12.6. The number of hydrogen-bond acceptors (Lipinski definition) is 5. The number of amidine groups is 1. The summed E-state index contributed by atoms with van der Waals surface area (Å²) < 4.78 is 0. The van der Waals surface area contributed by atoms with Crippen molar-refractivity contribution in [3.05, 3.63) is 64.1 Å². The van der Waals surface area contributed by atoms with Gasteiger partial charge in [-0.25, -0.2) is 0 Å². The minimum absolute atomic E-state index is 0.0153. The highest BCUT2D eigenvalue weighted by Crippen LogP contribution is 2.28. The summed E-state index contributed by atoms with van der Waals surface area (Å²) in [6.45, 7) is 3.76. The molecule has 4 rings (SSSR count). The van der Waals surface area contributed by atoms with Crippen molar-refractivity contribution in [3.63, 3.8) is 0 Å². The minimum Gasteiger partial charge on any atom is -0.312 e. The van der Waals surface area contributed by atoms with Crippen molar-refractivity contribution in [2.45, 2.75) is 31.8 Å². The number of likely N-dealkylation sites (tertiary alicyclic amines) is 1. The van der Waals surface area contributed by atoms with E-state index >= 15 is 0 Å². The zero-order valence-electron chi connectivity index (χ0n) is 17.4. The van der Waals surface area contributed by atoms with Crippen LogP contribution >= 0.6 is 23.2 Å². The predicted molar refractivity (Wildman–Crippen MR) is 127 cm³/mol. The van der Waals surface area contributed by atoms with Gasteiger partial charge in [0.05, 0.1) is 22.3 Å². The molecular weight excluding hydrogens is 433 g/mol. The average Bonchev–Trinajstić information content (AvgIpc) is 3.23. The molecule has 1 fully saturated rings. The highest BCUT2D eigenvalue weighted by molar-refractivity contribution is 6.42. The molecule has 0 aromatic heterocycles. The summed E-state index contributed by atoms with van der Waals surface area (Å²) in [5.74, 6) is 0.672. The number of amides is 1. The summed E-state index contributed by atoms with van der Waals surface area (Å²) in [6.07, 6.45) is 2.91. The van der Waals surface area contributed by atoms with E-state index in [0.29, 0.717) is 41.4 Å². The first kappa shape index (κ1) is 22.1. The van der Waals surface area contributed by atoms with Crippen LogP contribution in [-0.4, -0.2) is 48.9 Å². The topological polar surface area (TPSA) is 60.0 Å². The zero-order valence-corrected chi connectivity index (χ0v) is 18.9. The van der Waals surface area contributed by atoms with Crippen LogP contribution in [0, 0.1) is 0 Å². The van der Waals surface area contributed by atoms with Crippen molar-refractivity contribution in [1.82, 2.24) is 15.5 Å². The van der Waals surface area contributed by atoms with E-state index < -0.39 is 0 Å². The van der Waals surface area contributed by atoms with Crippen LogP contribution in [0.5, 0.6) is 0 Å². The highest BCUT2D eigenvalue weighted by atomic mass is 35.5. The highest BCUT2D eigenvalue weighted by Gasteiger charge is 2.23. The van der Waals surface area contributed by atoms with Crippen LogP contribution in [0.2, 0.25) is 10.0 Å². The van der Waals surface area contributed by atoms with Crippen LogP contribution in [0.4, 0.5) is 5.69 Å². The summed E-state index contributed by atoms with van der Waals surface area (Å²) in [5, 5.41) is 14.0. The summed E-state index contributed by atoms with van der Waals surface area (Å²) in [4.78, 5) is 14.8.